The normalized spacial score (nSPS) is 22.9. The molecule has 2 aromatic carbocycles. The Bertz CT molecular complexity index is 1270. The SMILES string of the molecule is CCCN1C(=O)[C@]2(C(=C(O)c3ccc(OCC)cc3)C(=O)C(=O)N2CCN2CCOCC2)c2ccccc21. The molecule has 2 aromatic rings. The molecular formula is C29H33N3O6. The van der Waals surface area contributed by atoms with Crippen LogP contribution in [0.4, 0.5) is 5.69 Å². The fourth-order valence-electron chi connectivity index (χ4n) is 5.70. The van der Waals surface area contributed by atoms with Gasteiger partial charge < -0.3 is 24.4 Å². The number of benzene rings is 2. The third-order valence-corrected chi connectivity index (χ3v) is 7.44. The van der Waals surface area contributed by atoms with Crippen molar-refractivity contribution in [1.82, 2.24) is 9.80 Å². The first-order chi connectivity index (χ1) is 18.4. The van der Waals surface area contributed by atoms with Gasteiger partial charge in [0.25, 0.3) is 17.6 Å². The maximum Gasteiger partial charge on any atom is 0.296 e. The molecule has 9 nitrogen and oxygen atoms in total. The van der Waals surface area contributed by atoms with Crippen molar-refractivity contribution in [3.05, 3.63) is 65.2 Å². The van der Waals surface area contributed by atoms with Gasteiger partial charge in [-0.15, -0.1) is 0 Å². The molecule has 0 radical (unpaired) electrons. The Kier molecular flexibility index (Phi) is 7.23. The molecule has 1 atom stereocenters. The number of aliphatic hydroxyl groups is 1. The Labute approximate surface area is 222 Å². The molecule has 3 aliphatic rings. The standard InChI is InChI=1S/C29H33N3O6/c1-3-13-31-23-8-6-5-7-22(23)29(28(31)36)24(25(33)20-9-11-21(12-10-20)38-4-2)26(34)27(35)32(29)15-14-30-16-18-37-19-17-30/h5-12,33H,3-4,13-19H2,1-2H3/t29-/m1/s1. The number of morpholine rings is 1. The van der Waals surface area contributed by atoms with Crippen molar-refractivity contribution >= 4 is 29.0 Å². The first kappa shape index (κ1) is 25.9. The fourth-order valence-corrected chi connectivity index (χ4v) is 5.70. The van der Waals surface area contributed by atoms with Gasteiger partial charge in [-0.05, 0) is 43.7 Å². The summed E-state index contributed by atoms with van der Waals surface area (Å²) in [5.74, 6) is -1.80. The highest BCUT2D eigenvalue weighted by Crippen LogP contribution is 2.53. The van der Waals surface area contributed by atoms with Crippen molar-refractivity contribution < 1.29 is 29.0 Å². The van der Waals surface area contributed by atoms with Gasteiger partial charge in [-0.2, -0.15) is 0 Å². The molecule has 3 aliphatic heterocycles. The van der Waals surface area contributed by atoms with E-state index in [1.54, 1.807) is 41.3 Å². The first-order valence-corrected chi connectivity index (χ1v) is 13.2. The van der Waals surface area contributed by atoms with Crippen LogP contribution in [0.1, 0.15) is 31.4 Å². The highest BCUT2D eigenvalue weighted by Gasteiger charge is 2.66. The minimum atomic E-state index is -1.74. The quantitative estimate of drug-likeness (QED) is 0.325. The van der Waals surface area contributed by atoms with Crippen LogP contribution in [-0.4, -0.2) is 85.0 Å². The molecule has 2 fully saturated rings. The van der Waals surface area contributed by atoms with E-state index in [1.165, 1.54) is 4.90 Å². The molecule has 2 amide bonds. The van der Waals surface area contributed by atoms with Gasteiger partial charge >= 0.3 is 0 Å². The lowest BCUT2D eigenvalue weighted by molar-refractivity contribution is -0.144. The first-order valence-electron chi connectivity index (χ1n) is 13.2. The lowest BCUT2D eigenvalue weighted by Gasteiger charge is -2.36. The number of likely N-dealkylation sites (tertiary alicyclic amines) is 1. The van der Waals surface area contributed by atoms with Crippen LogP contribution >= 0.6 is 0 Å². The summed E-state index contributed by atoms with van der Waals surface area (Å²) < 4.78 is 10.9. The van der Waals surface area contributed by atoms with Crippen molar-refractivity contribution in [2.75, 3.05) is 57.4 Å². The number of carbonyl (C=O) groups is 3. The summed E-state index contributed by atoms with van der Waals surface area (Å²) in [6.07, 6.45) is 0.690. The van der Waals surface area contributed by atoms with Gasteiger partial charge in [-0.1, -0.05) is 25.1 Å². The lowest BCUT2D eigenvalue weighted by atomic mass is 9.82. The largest absolute Gasteiger partial charge is 0.507 e. The van der Waals surface area contributed by atoms with E-state index in [0.29, 0.717) is 75.0 Å². The molecule has 0 saturated carbocycles. The third kappa shape index (κ3) is 4.06. The Morgan fingerprint density at radius 1 is 0.974 bits per heavy atom. The Morgan fingerprint density at radius 3 is 2.37 bits per heavy atom. The fraction of sp³-hybridized carbons (Fsp3) is 0.414. The number of aliphatic hydroxyl groups excluding tert-OH is 1. The second-order valence-corrected chi connectivity index (χ2v) is 9.61. The molecule has 2 saturated heterocycles. The van der Waals surface area contributed by atoms with Gasteiger partial charge in [0.15, 0.2) is 5.54 Å². The highest BCUT2D eigenvalue weighted by molar-refractivity contribution is 6.50. The van der Waals surface area contributed by atoms with Gasteiger partial charge in [0.05, 0.1) is 31.1 Å². The van der Waals surface area contributed by atoms with Crippen molar-refractivity contribution in [3.63, 3.8) is 0 Å². The van der Waals surface area contributed by atoms with E-state index in [4.69, 9.17) is 9.47 Å². The zero-order valence-electron chi connectivity index (χ0n) is 21.8. The number of carbonyl (C=O) groups excluding carboxylic acids is 3. The van der Waals surface area contributed by atoms with E-state index in [-0.39, 0.29) is 17.9 Å². The van der Waals surface area contributed by atoms with Crippen molar-refractivity contribution in [3.8, 4) is 5.75 Å². The predicted molar refractivity (Wildman–Crippen MR) is 142 cm³/mol. The summed E-state index contributed by atoms with van der Waals surface area (Å²) in [6, 6.07) is 13.9. The number of amides is 2. The maximum atomic E-state index is 14.4. The van der Waals surface area contributed by atoms with Crippen LogP contribution in [0.25, 0.3) is 5.76 Å². The van der Waals surface area contributed by atoms with E-state index < -0.39 is 23.1 Å². The van der Waals surface area contributed by atoms with Crippen LogP contribution in [0.15, 0.2) is 54.1 Å². The summed E-state index contributed by atoms with van der Waals surface area (Å²) in [5, 5.41) is 11.6. The van der Waals surface area contributed by atoms with Gasteiger partial charge in [0.2, 0.25) is 0 Å². The highest BCUT2D eigenvalue weighted by atomic mass is 16.5. The van der Waals surface area contributed by atoms with Crippen LogP contribution in [0, 0.1) is 0 Å². The van der Waals surface area contributed by atoms with E-state index in [1.807, 2.05) is 26.0 Å². The maximum absolute atomic E-state index is 14.4. The number of para-hydroxylation sites is 1. The molecule has 5 rings (SSSR count). The van der Waals surface area contributed by atoms with E-state index >= 15 is 0 Å². The zero-order chi connectivity index (χ0) is 26.9. The number of rotatable bonds is 8. The summed E-state index contributed by atoms with van der Waals surface area (Å²) in [7, 11) is 0. The molecule has 3 heterocycles. The number of ketones is 1. The number of nitrogens with zero attached hydrogens (tertiary/aromatic N) is 3. The molecule has 9 heteroatoms. The minimum Gasteiger partial charge on any atom is -0.507 e. The average Bonchev–Trinajstić information content (AvgIpc) is 3.31. The molecule has 0 unspecified atom stereocenters. The molecular weight excluding hydrogens is 486 g/mol. The van der Waals surface area contributed by atoms with E-state index in [2.05, 4.69) is 4.90 Å². The number of Topliss-reactive ketones (excluding diaryl/α,β-unsaturated/α-hetero) is 1. The molecule has 1 N–H and O–H groups in total. The zero-order valence-corrected chi connectivity index (χ0v) is 21.8. The lowest BCUT2D eigenvalue weighted by Crippen LogP contribution is -2.54. The van der Waals surface area contributed by atoms with E-state index in [9.17, 15) is 19.5 Å². The third-order valence-electron chi connectivity index (χ3n) is 7.44. The molecule has 0 aliphatic carbocycles. The Balaban J connectivity index is 1.68. The average molecular weight is 520 g/mol. The van der Waals surface area contributed by atoms with Crippen molar-refractivity contribution in [2.45, 2.75) is 25.8 Å². The Morgan fingerprint density at radius 2 is 1.68 bits per heavy atom. The molecule has 38 heavy (non-hydrogen) atoms. The molecule has 0 aromatic heterocycles. The Hall–Kier alpha value is -3.69. The van der Waals surface area contributed by atoms with Crippen LogP contribution in [-0.2, 0) is 24.7 Å². The van der Waals surface area contributed by atoms with Crippen LogP contribution < -0.4 is 9.64 Å². The number of hydrogen-bond acceptors (Lipinski definition) is 7. The number of ether oxygens (including phenoxy) is 2. The van der Waals surface area contributed by atoms with Gasteiger partial charge in [0, 0.05) is 43.9 Å². The minimum absolute atomic E-state index is 0.157. The second-order valence-electron chi connectivity index (χ2n) is 9.61. The number of fused-ring (bicyclic) bond motifs is 2. The van der Waals surface area contributed by atoms with Gasteiger partial charge in [-0.25, -0.2) is 0 Å². The van der Waals surface area contributed by atoms with Gasteiger partial charge in [0.1, 0.15) is 11.5 Å². The number of hydrogen-bond donors (Lipinski definition) is 1. The summed E-state index contributed by atoms with van der Waals surface area (Å²) in [6.45, 7) is 7.97. The monoisotopic (exact) mass is 519 g/mol. The topological polar surface area (TPSA) is 99.6 Å². The van der Waals surface area contributed by atoms with E-state index in [0.717, 1.165) is 0 Å². The molecule has 200 valence electrons. The predicted octanol–water partition coefficient (Wildman–Crippen LogP) is 2.75. The summed E-state index contributed by atoms with van der Waals surface area (Å²) in [4.78, 5) is 46.9. The van der Waals surface area contributed by atoms with Crippen LogP contribution in [0.3, 0.4) is 0 Å². The summed E-state index contributed by atoms with van der Waals surface area (Å²) in [5.41, 5.74) is -0.417. The van der Waals surface area contributed by atoms with Crippen LogP contribution in [0.2, 0.25) is 0 Å². The van der Waals surface area contributed by atoms with Crippen LogP contribution in [0.5, 0.6) is 5.75 Å². The smallest absolute Gasteiger partial charge is 0.296 e. The second kappa shape index (κ2) is 10.6. The van der Waals surface area contributed by atoms with Crippen molar-refractivity contribution in [1.29, 1.82) is 0 Å². The number of anilines is 1. The summed E-state index contributed by atoms with van der Waals surface area (Å²) >= 11 is 0. The molecule has 0 bridgehead atoms. The molecule has 1 spiro atoms. The van der Waals surface area contributed by atoms with Crippen molar-refractivity contribution in [2.24, 2.45) is 0 Å². The van der Waals surface area contributed by atoms with Gasteiger partial charge in [-0.3, -0.25) is 19.3 Å².